The summed E-state index contributed by atoms with van der Waals surface area (Å²) in [5.74, 6) is 0. The summed E-state index contributed by atoms with van der Waals surface area (Å²) in [6.07, 6.45) is 1.39. The smallest absolute Gasteiger partial charge is 0.242 e. The molecule has 19 heavy (non-hydrogen) atoms. The van der Waals surface area contributed by atoms with Gasteiger partial charge in [-0.15, -0.1) is 0 Å². The Hall–Kier alpha value is -0.140. The van der Waals surface area contributed by atoms with Crippen molar-refractivity contribution in [2.24, 2.45) is 5.73 Å². The third-order valence-electron chi connectivity index (χ3n) is 3.21. The van der Waals surface area contributed by atoms with Gasteiger partial charge in [0.05, 0.1) is 5.02 Å². The van der Waals surface area contributed by atoms with E-state index in [9.17, 15) is 8.42 Å². The molecule has 4 nitrogen and oxygen atoms in total. The monoisotopic (exact) mass is 368 g/mol. The summed E-state index contributed by atoms with van der Waals surface area (Å²) in [4.78, 5) is 0.0538. The van der Waals surface area contributed by atoms with Crippen LogP contribution >= 0.6 is 27.5 Å². The Morgan fingerprint density at radius 2 is 1.95 bits per heavy atom. The SMILES string of the molecule is CCC(N)(CC)CNS(=O)(=O)c1cc(Br)ccc1Cl. The summed E-state index contributed by atoms with van der Waals surface area (Å²) in [6, 6.07) is 4.70. The lowest BCUT2D eigenvalue weighted by Gasteiger charge is -2.26. The van der Waals surface area contributed by atoms with E-state index in [1.807, 2.05) is 13.8 Å². The van der Waals surface area contributed by atoms with Crippen LogP contribution in [0.25, 0.3) is 0 Å². The molecule has 1 rings (SSSR count). The number of hydrogen-bond acceptors (Lipinski definition) is 3. The van der Waals surface area contributed by atoms with Gasteiger partial charge in [-0.25, -0.2) is 13.1 Å². The fourth-order valence-electron chi connectivity index (χ4n) is 1.50. The molecule has 0 heterocycles. The zero-order chi connectivity index (χ0) is 14.7. The molecular weight excluding hydrogens is 352 g/mol. The second-order valence-corrected chi connectivity index (χ2v) is 7.53. The van der Waals surface area contributed by atoms with Gasteiger partial charge in [-0.05, 0) is 31.0 Å². The van der Waals surface area contributed by atoms with Crippen LogP contribution in [0.2, 0.25) is 5.02 Å². The van der Waals surface area contributed by atoms with E-state index in [1.54, 1.807) is 6.07 Å². The highest BCUT2D eigenvalue weighted by Crippen LogP contribution is 2.25. The largest absolute Gasteiger partial charge is 0.324 e. The van der Waals surface area contributed by atoms with Crippen molar-refractivity contribution < 1.29 is 8.42 Å². The lowest BCUT2D eigenvalue weighted by molar-refractivity contribution is 0.392. The second-order valence-electron chi connectivity index (χ2n) is 4.47. The molecule has 7 heteroatoms. The van der Waals surface area contributed by atoms with Crippen molar-refractivity contribution in [2.75, 3.05) is 6.54 Å². The molecule has 3 N–H and O–H groups in total. The van der Waals surface area contributed by atoms with Crippen molar-refractivity contribution in [3.05, 3.63) is 27.7 Å². The first-order valence-electron chi connectivity index (χ1n) is 5.97. The summed E-state index contributed by atoms with van der Waals surface area (Å²) in [6.45, 7) is 4.05. The van der Waals surface area contributed by atoms with Crippen LogP contribution < -0.4 is 10.5 Å². The molecule has 0 aliphatic rings. The van der Waals surface area contributed by atoms with E-state index in [0.29, 0.717) is 17.3 Å². The Bertz CT molecular complexity index is 545. The molecule has 0 bridgehead atoms. The van der Waals surface area contributed by atoms with Gasteiger partial charge in [-0.3, -0.25) is 0 Å². The third kappa shape index (κ3) is 4.43. The van der Waals surface area contributed by atoms with Crippen molar-refractivity contribution in [1.29, 1.82) is 0 Å². The van der Waals surface area contributed by atoms with Gasteiger partial charge in [-0.1, -0.05) is 41.4 Å². The first-order chi connectivity index (χ1) is 8.74. The van der Waals surface area contributed by atoms with Crippen molar-refractivity contribution >= 4 is 37.6 Å². The van der Waals surface area contributed by atoms with Crippen LogP contribution in [0.4, 0.5) is 0 Å². The van der Waals surface area contributed by atoms with Gasteiger partial charge in [0.1, 0.15) is 4.90 Å². The summed E-state index contributed by atoms with van der Waals surface area (Å²) in [5, 5.41) is 0.186. The topological polar surface area (TPSA) is 72.2 Å². The molecule has 0 spiro atoms. The molecule has 0 aliphatic heterocycles. The lowest BCUT2D eigenvalue weighted by Crippen LogP contribution is -2.49. The molecule has 0 saturated heterocycles. The average molecular weight is 370 g/mol. The normalized spacial score (nSPS) is 12.7. The maximum Gasteiger partial charge on any atom is 0.242 e. The Labute approximate surface area is 127 Å². The van der Waals surface area contributed by atoms with Gasteiger partial charge in [0, 0.05) is 16.6 Å². The van der Waals surface area contributed by atoms with Gasteiger partial charge in [0.25, 0.3) is 0 Å². The van der Waals surface area contributed by atoms with E-state index < -0.39 is 15.6 Å². The minimum atomic E-state index is -3.66. The van der Waals surface area contributed by atoms with Crippen LogP contribution in [-0.4, -0.2) is 20.5 Å². The molecule has 0 aliphatic carbocycles. The van der Waals surface area contributed by atoms with Crippen LogP contribution in [-0.2, 0) is 10.0 Å². The number of halogens is 2. The Kier molecular flexibility index (Phi) is 5.82. The zero-order valence-corrected chi connectivity index (χ0v) is 14.1. The van der Waals surface area contributed by atoms with Crippen molar-refractivity contribution in [3.63, 3.8) is 0 Å². The summed E-state index contributed by atoms with van der Waals surface area (Å²) >= 11 is 9.16. The van der Waals surface area contributed by atoms with Gasteiger partial charge < -0.3 is 5.73 Å². The molecule has 1 aromatic rings. The Morgan fingerprint density at radius 3 is 2.47 bits per heavy atom. The minimum absolute atomic E-state index is 0.0538. The van der Waals surface area contributed by atoms with Crippen molar-refractivity contribution in [3.8, 4) is 0 Å². The Balaban J connectivity index is 2.96. The number of sulfonamides is 1. The Morgan fingerprint density at radius 1 is 1.37 bits per heavy atom. The molecular formula is C12H18BrClN2O2S. The van der Waals surface area contributed by atoms with E-state index in [0.717, 1.165) is 0 Å². The van der Waals surface area contributed by atoms with E-state index in [1.165, 1.54) is 12.1 Å². The standard InChI is InChI=1S/C12H18BrClN2O2S/c1-3-12(15,4-2)8-16-19(17,18)11-7-9(13)5-6-10(11)14/h5-7,16H,3-4,8,15H2,1-2H3. The van der Waals surface area contributed by atoms with Gasteiger partial charge >= 0.3 is 0 Å². The van der Waals surface area contributed by atoms with E-state index in [2.05, 4.69) is 20.7 Å². The summed E-state index contributed by atoms with van der Waals surface area (Å²) in [7, 11) is -3.66. The zero-order valence-electron chi connectivity index (χ0n) is 10.9. The second kappa shape index (κ2) is 6.54. The van der Waals surface area contributed by atoms with Crippen LogP contribution in [0.3, 0.4) is 0 Å². The number of rotatable bonds is 6. The molecule has 0 fully saturated rings. The number of nitrogens with one attached hydrogen (secondary N) is 1. The number of nitrogens with two attached hydrogens (primary N) is 1. The van der Waals surface area contributed by atoms with Gasteiger partial charge in [-0.2, -0.15) is 0 Å². The summed E-state index contributed by atoms with van der Waals surface area (Å²) < 4.78 is 27.6. The molecule has 0 amide bonds. The summed E-state index contributed by atoms with van der Waals surface area (Å²) in [5.41, 5.74) is 5.54. The molecule has 0 atom stereocenters. The maximum absolute atomic E-state index is 12.2. The first-order valence-corrected chi connectivity index (χ1v) is 8.63. The molecule has 0 saturated carbocycles. The quantitative estimate of drug-likeness (QED) is 0.810. The fraction of sp³-hybridized carbons (Fsp3) is 0.500. The van der Waals surface area contributed by atoms with Crippen LogP contribution in [0.1, 0.15) is 26.7 Å². The minimum Gasteiger partial charge on any atom is -0.324 e. The van der Waals surface area contributed by atoms with E-state index in [-0.39, 0.29) is 16.5 Å². The van der Waals surface area contributed by atoms with Gasteiger partial charge in [0.15, 0.2) is 0 Å². The average Bonchev–Trinajstić information content (AvgIpc) is 2.39. The predicted octanol–water partition coefficient (Wildman–Crippen LogP) is 2.90. The van der Waals surface area contributed by atoms with Crippen molar-refractivity contribution in [1.82, 2.24) is 4.72 Å². The third-order valence-corrected chi connectivity index (χ3v) is 5.58. The number of hydrogen-bond donors (Lipinski definition) is 2. The highest BCUT2D eigenvalue weighted by Gasteiger charge is 2.25. The van der Waals surface area contributed by atoms with Crippen LogP contribution in [0, 0.1) is 0 Å². The molecule has 0 unspecified atom stereocenters. The van der Waals surface area contributed by atoms with Crippen LogP contribution in [0.15, 0.2) is 27.6 Å². The maximum atomic E-state index is 12.2. The van der Waals surface area contributed by atoms with E-state index in [4.69, 9.17) is 17.3 Å². The van der Waals surface area contributed by atoms with Crippen LogP contribution in [0.5, 0.6) is 0 Å². The highest BCUT2D eigenvalue weighted by atomic mass is 79.9. The molecule has 0 aromatic heterocycles. The molecule has 108 valence electrons. The fourth-order valence-corrected chi connectivity index (χ4v) is 3.67. The van der Waals surface area contributed by atoms with Gasteiger partial charge in [0.2, 0.25) is 10.0 Å². The lowest BCUT2D eigenvalue weighted by atomic mass is 9.95. The molecule has 0 radical (unpaired) electrons. The van der Waals surface area contributed by atoms with Crippen molar-refractivity contribution in [2.45, 2.75) is 37.1 Å². The predicted molar refractivity (Wildman–Crippen MR) is 81.8 cm³/mol. The highest BCUT2D eigenvalue weighted by molar-refractivity contribution is 9.10. The molecule has 1 aromatic carbocycles. The first kappa shape index (κ1) is 16.9. The number of benzene rings is 1. The van der Waals surface area contributed by atoms with E-state index >= 15 is 0 Å².